The zero-order chi connectivity index (χ0) is 15.4. The Balaban J connectivity index is 2.16. The highest BCUT2D eigenvalue weighted by Crippen LogP contribution is 2.31. The third-order valence-electron chi connectivity index (χ3n) is 3.01. The van der Waals surface area contributed by atoms with Crippen molar-refractivity contribution in [1.82, 2.24) is 0 Å². The lowest BCUT2D eigenvalue weighted by Crippen LogP contribution is -2.16. The molecule has 0 aliphatic heterocycles. The van der Waals surface area contributed by atoms with Crippen LogP contribution in [-0.4, -0.2) is 6.54 Å². The molecule has 6 heteroatoms. The summed E-state index contributed by atoms with van der Waals surface area (Å²) in [6.45, 7) is 0.531. The number of ether oxygens (including phenoxy) is 1. The van der Waals surface area contributed by atoms with Crippen molar-refractivity contribution < 1.29 is 4.74 Å². The quantitative estimate of drug-likeness (QED) is 0.758. The van der Waals surface area contributed by atoms with Gasteiger partial charge in [-0.15, -0.1) is 0 Å². The molecule has 0 saturated heterocycles. The smallest absolute Gasteiger partial charge is 0.0966 e. The van der Waals surface area contributed by atoms with E-state index in [1.165, 1.54) is 0 Å². The van der Waals surface area contributed by atoms with Gasteiger partial charge in [0.05, 0.1) is 12.7 Å². The van der Waals surface area contributed by atoms with Gasteiger partial charge in [0.15, 0.2) is 0 Å². The van der Waals surface area contributed by atoms with Crippen molar-refractivity contribution in [3.63, 3.8) is 0 Å². The Morgan fingerprint density at radius 2 is 1.62 bits per heavy atom. The summed E-state index contributed by atoms with van der Waals surface area (Å²) in [7, 11) is 0. The molecule has 2 rings (SSSR count). The van der Waals surface area contributed by atoms with Crippen molar-refractivity contribution in [2.24, 2.45) is 5.73 Å². The number of benzene rings is 2. The predicted octanol–water partition coefficient (Wildman–Crippen LogP) is 5.52. The molecule has 0 amide bonds. The fourth-order valence-electron chi connectivity index (χ4n) is 1.90. The third kappa shape index (κ3) is 4.26. The Bertz CT molecular complexity index is 613. The van der Waals surface area contributed by atoms with E-state index in [9.17, 15) is 0 Å². The van der Waals surface area contributed by atoms with Gasteiger partial charge in [-0.05, 0) is 24.3 Å². The van der Waals surface area contributed by atoms with Gasteiger partial charge in [0.1, 0.15) is 0 Å². The summed E-state index contributed by atoms with van der Waals surface area (Å²) in [5.41, 5.74) is 7.28. The minimum Gasteiger partial charge on any atom is -0.367 e. The van der Waals surface area contributed by atoms with Gasteiger partial charge in [0, 0.05) is 37.8 Å². The highest BCUT2D eigenvalue weighted by atomic mass is 35.5. The van der Waals surface area contributed by atoms with E-state index in [2.05, 4.69) is 0 Å². The molecule has 0 aliphatic rings. The second kappa shape index (κ2) is 7.68. The summed E-state index contributed by atoms with van der Waals surface area (Å²) >= 11 is 24.3. The van der Waals surface area contributed by atoms with Crippen molar-refractivity contribution in [1.29, 1.82) is 0 Å². The molecule has 0 aromatic heterocycles. The first kappa shape index (κ1) is 16.9. The van der Waals surface area contributed by atoms with Crippen LogP contribution in [0.5, 0.6) is 0 Å². The minimum absolute atomic E-state index is 0.249. The molecule has 0 fully saturated rings. The van der Waals surface area contributed by atoms with Gasteiger partial charge in [-0.3, -0.25) is 0 Å². The van der Waals surface area contributed by atoms with Crippen molar-refractivity contribution >= 4 is 46.4 Å². The lowest BCUT2D eigenvalue weighted by Gasteiger charge is -2.19. The van der Waals surface area contributed by atoms with Crippen LogP contribution < -0.4 is 5.73 Å². The van der Waals surface area contributed by atoms with Crippen LogP contribution in [0.1, 0.15) is 17.2 Å². The fraction of sp³-hybridized carbons (Fsp3) is 0.200. The second-order valence-corrected chi connectivity index (χ2v) is 6.06. The third-order valence-corrected chi connectivity index (χ3v) is 4.28. The molecule has 0 spiro atoms. The number of halogens is 4. The van der Waals surface area contributed by atoms with Crippen LogP contribution in [0.25, 0.3) is 0 Å². The van der Waals surface area contributed by atoms with E-state index >= 15 is 0 Å². The molecule has 2 N–H and O–H groups in total. The van der Waals surface area contributed by atoms with E-state index < -0.39 is 0 Å². The summed E-state index contributed by atoms with van der Waals surface area (Å²) in [5, 5.41) is 2.19. The number of hydrogen-bond donors (Lipinski definition) is 1. The maximum Gasteiger partial charge on any atom is 0.0966 e. The molecule has 2 nitrogen and oxygen atoms in total. The Labute approximate surface area is 143 Å². The Morgan fingerprint density at radius 1 is 0.952 bits per heavy atom. The van der Waals surface area contributed by atoms with Gasteiger partial charge in [-0.25, -0.2) is 0 Å². The average Bonchev–Trinajstić information content (AvgIpc) is 2.43. The van der Waals surface area contributed by atoms with Crippen LogP contribution in [-0.2, 0) is 11.3 Å². The molecule has 21 heavy (non-hydrogen) atoms. The highest BCUT2D eigenvalue weighted by molar-refractivity contribution is 6.36. The highest BCUT2D eigenvalue weighted by Gasteiger charge is 2.16. The van der Waals surface area contributed by atoms with Crippen LogP contribution in [0.15, 0.2) is 36.4 Å². The Hall–Kier alpha value is -0.480. The number of nitrogens with two attached hydrogens (primary N) is 1. The van der Waals surface area contributed by atoms with E-state index in [1.54, 1.807) is 36.4 Å². The largest absolute Gasteiger partial charge is 0.367 e. The van der Waals surface area contributed by atoms with Crippen molar-refractivity contribution in [3.8, 4) is 0 Å². The summed E-state index contributed by atoms with van der Waals surface area (Å²) in [6, 6.07) is 10.5. The van der Waals surface area contributed by atoms with Crippen molar-refractivity contribution in [2.45, 2.75) is 12.7 Å². The van der Waals surface area contributed by atoms with E-state index in [-0.39, 0.29) is 19.3 Å². The molecule has 112 valence electrons. The lowest BCUT2D eigenvalue weighted by atomic mass is 10.1. The van der Waals surface area contributed by atoms with Crippen LogP contribution in [0.4, 0.5) is 0 Å². The molecular weight excluding hydrogens is 352 g/mol. The van der Waals surface area contributed by atoms with Gasteiger partial charge < -0.3 is 10.5 Å². The predicted molar refractivity (Wildman–Crippen MR) is 89.5 cm³/mol. The monoisotopic (exact) mass is 363 g/mol. The van der Waals surface area contributed by atoms with E-state index in [1.807, 2.05) is 0 Å². The molecule has 0 radical (unpaired) electrons. The Morgan fingerprint density at radius 3 is 2.19 bits per heavy atom. The molecule has 2 aromatic rings. The first-order chi connectivity index (χ1) is 10.0. The van der Waals surface area contributed by atoms with Crippen LogP contribution >= 0.6 is 46.4 Å². The normalized spacial score (nSPS) is 12.4. The molecule has 2 aromatic carbocycles. The van der Waals surface area contributed by atoms with E-state index in [0.29, 0.717) is 20.1 Å². The Kier molecular flexibility index (Phi) is 6.18. The molecule has 0 unspecified atom stereocenters. The summed E-state index contributed by atoms with van der Waals surface area (Å²) < 4.78 is 5.82. The van der Waals surface area contributed by atoms with Gasteiger partial charge in [0.2, 0.25) is 0 Å². The summed E-state index contributed by atoms with van der Waals surface area (Å²) in [5.74, 6) is 0. The minimum atomic E-state index is -0.359. The van der Waals surface area contributed by atoms with Gasteiger partial charge in [-0.2, -0.15) is 0 Å². The SMILES string of the molecule is NC[C@H](OCc1c(Cl)cccc1Cl)c1ccc(Cl)cc1Cl. The molecule has 0 saturated carbocycles. The van der Waals surface area contributed by atoms with Gasteiger partial charge in [0.25, 0.3) is 0 Å². The summed E-state index contributed by atoms with van der Waals surface area (Å²) in [4.78, 5) is 0. The molecule has 1 atom stereocenters. The average molecular weight is 365 g/mol. The topological polar surface area (TPSA) is 35.2 Å². The first-order valence-electron chi connectivity index (χ1n) is 6.22. The fourth-order valence-corrected chi connectivity index (χ4v) is 2.94. The molecular formula is C15H13Cl4NO. The van der Waals surface area contributed by atoms with Crippen LogP contribution in [0, 0.1) is 0 Å². The van der Waals surface area contributed by atoms with E-state index in [4.69, 9.17) is 56.9 Å². The zero-order valence-electron chi connectivity index (χ0n) is 11.0. The second-order valence-electron chi connectivity index (χ2n) is 4.40. The van der Waals surface area contributed by atoms with Crippen LogP contribution in [0.2, 0.25) is 20.1 Å². The zero-order valence-corrected chi connectivity index (χ0v) is 14.0. The first-order valence-corrected chi connectivity index (χ1v) is 7.73. The van der Waals surface area contributed by atoms with Crippen molar-refractivity contribution in [2.75, 3.05) is 6.54 Å². The number of hydrogen-bond acceptors (Lipinski definition) is 2. The van der Waals surface area contributed by atoms with Crippen LogP contribution in [0.3, 0.4) is 0 Å². The molecule has 0 aliphatic carbocycles. The standard InChI is InChI=1S/C15H13Cl4NO/c16-9-4-5-10(14(19)6-9)15(7-20)21-8-11-12(17)2-1-3-13(11)18/h1-6,15H,7-8,20H2/t15-/m0/s1. The van der Waals surface area contributed by atoms with Gasteiger partial charge >= 0.3 is 0 Å². The molecule has 0 bridgehead atoms. The number of rotatable bonds is 5. The van der Waals surface area contributed by atoms with Crippen molar-refractivity contribution in [3.05, 3.63) is 67.6 Å². The van der Waals surface area contributed by atoms with E-state index in [0.717, 1.165) is 11.1 Å². The molecule has 0 heterocycles. The maximum absolute atomic E-state index is 6.18. The maximum atomic E-state index is 6.18. The van der Waals surface area contributed by atoms with Gasteiger partial charge in [-0.1, -0.05) is 58.5 Å². The summed E-state index contributed by atoms with van der Waals surface area (Å²) in [6.07, 6.45) is -0.359. The lowest BCUT2D eigenvalue weighted by molar-refractivity contribution is 0.0458.